The number of ether oxygens (including phenoxy) is 2. The van der Waals surface area contributed by atoms with Gasteiger partial charge in [-0.3, -0.25) is 4.68 Å². The summed E-state index contributed by atoms with van der Waals surface area (Å²) in [5, 5.41) is 13.1. The van der Waals surface area contributed by atoms with E-state index in [1.807, 2.05) is 0 Å². The van der Waals surface area contributed by atoms with E-state index in [4.69, 9.17) is 20.3 Å². The van der Waals surface area contributed by atoms with Gasteiger partial charge < -0.3 is 20.3 Å². The number of rotatable bonds is 2. The molecule has 7 nitrogen and oxygen atoms in total. The summed E-state index contributed by atoms with van der Waals surface area (Å²) in [4.78, 5) is 11.0. The zero-order valence-electron chi connectivity index (χ0n) is 11.2. The number of carbonyl (C=O) groups is 1. The van der Waals surface area contributed by atoms with Gasteiger partial charge in [0.1, 0.15) is 0 Å². The monoisotopic (exact) mass is 281 g/mol. The van der Waals surface area contributed by atoms with Gasteiger partial charge in [0.2, 0.25) is 0 Å². The molecule has 3 heterocycles. The Balaban J connectivity index is 1.79. The topological polar surface area (TPSA) is 99.6 Å². The van der Waals surface area contributed by atoms with Gasteiger partial charge in [-0.05, 0) is 25.7 Å². The van der Waals surface area contributed by atoms with Gasteiger partial charge >= 0.3 is 5.97 Å². The number of hydrogen-bond donors (Lipinski definition) is 2. The van der Waals surface area contributed by atoms with Crippen molar-refractivity contribution < 1.29 is 19.4 Å². The maximum atomic E-state index is 11.0. The quantitative estimate of drug-likeness (QED) is 0.841. The molecule has 1 aromatic rings. The van der Waals surface area contributed by atoms with Crippen LogP contribution in [-0.2, 0) is 9.47 Å². The Labute approximate surface area is 116 Å². The van der Waals surface area contributed by atoms with E-state index in [1.165, 1.54) is 0 Å². The highest BCUT2D eigenvalue weighted by molar-refractivity contribution is 5.91. The van der Waals surface area contributed by atoms with Crippen molar-refractivity contribution in [3.05, 3.63) is 11.9 Å². The molecule has 1 atom stereocenters. The molecule has 110 valence electrons. The van der Waals surface area contributed by atoms with Crippen LogP contribution >= 0.6 is 0 Å². The number of nitrogens with zero attached hydrogens (tertiary/aromatic N) is 2. The Morgan fingerprint density at radius 1 is 1.45 bits per heavy atom. The van der Waals surface area contributed by atoms with Crippen molar-refractivity contribution in [2.24, 2.45) is 0 Å². The summed E-state index contributed by atoms with van der Waals surface area (Å²) in [6, 6.07) is 0.136. The molecular formula is C13H19N3O4. The first kappa shape index (κ1) is 13.4. The molecule has 2 fully saturated rings. The lowest BCUT2D eigenvalue weighted by Gasteiger charge is -2.43. The van der Waals surface area contributed by atoms with Crippen LogP contribution in [0.3, 0.4) is 0 Å². The van der Waals surface area contributed by atoms with E-state index >= 15 is 0 Å². The van der Waals surface area contributed by atoms with Crippen LogP contribution in [0, 0.1) is 0 Å². The number of nitrogens with two attached hydrogens (primary N) is 1. The molecule has 1 unspecified atom stereocenters. The Bertz CT molecular complexity index is 502. The summed E-state index contributed by atoms with van der Waals surface area (Å²) in [5.74, 6) is -1.09. The molecule has 0 aromatic carbocycles. The van der Waals surface area contributed by atoms with Crippen molar-refractivity contribution in [1.82, 2.24) is 9.78 Å². The van der Waals surface area contributed by atoms with Gasteiger partial charge in [-0.2, -0.15) is 5.10 Å². The third kappa shape index (κ3) is 2.38. The number of aromatic nitrogens is 2. The highest BCUT2D eigenvalue weighted by atomic mass is 16.5. The standard InChI is InChI=1S/C13H19N3O4/c14-10-8-16(15-11(10)12(17)18)9-1-4-20-13(7-9)2-5-19-6-3-13/h8-9H,1-7,14H2,(H,17,18). The van der Waals surface area contributed by atoms with Crippen LogP contribution in [-0.4, -0.2) is 46.3 Å². The largest absolute Gasteiger partial charge is 0.476 e. The summed E-state index contributed by atoms with van der Waals surface area (Å²) in [6.07, 6.45) is 5.03. The van der Waals surface area contributed by atoms with E-state index in [9.17, 15) is 4.79 Å². The molecule has 1 spiro atoms. The van der Waals surface area contributed by atoms with Crippen molar-refractivity contribution >= 4 is 11.7 Å². The van der Waals surface area contributed by atoms with E-state index in [0.29, 0.717) is 19.8 Å². The van der Waals surface area contributed by atoms with Crippen molar-refractivity contribution in [1.29, 1.82) is 0 Å². The maximum absolute atomic E-state index is 11.0. The van der Waals surface area contributed by atoms with E-state index in [1.54, 1.807) is 10.9 Å². The molecule has 2 saturated heterocycles. The fourth-order valence-corrected chi connectivity index (χ4v) is 3.08. The first-order valence-corrected chi connectivity index (χ1v) is 6.89. The fourth-order valence-electron chi connectivity index (χ4n) is 3.08. The van der Waals surface area contributed by atoms with Crippen LogP contribution in [0.5, 0.6) is 0 Å². The minimum Gasteiger partial charge on any atom is -0.476 e. The van der Waals surface area contributed by atoms with E-state index in [2.05, 4.69) is 5.10 Å². The molecular weight excluding hydrogens is 262 g/mol. The molecule has 20 heavy (non-hydrogen) atoms. The van der Waals surface area contributed by atoms with Crippen LogP contribution in [0.1, 0.15) is 42.2 Å². The number of hydrogen-bond acceptors (Lipinski definition) is 5. The molecule has 3 N–H and O–H groups in total. The van der Waals surface area contributed by atoms with Gasteiger partial charge in [0.15, 0.2) is 5.69 Å². The normalized spacial score (nSPS) is 25.7. The van der Waals surface area contributed by atoms with Gasteiger partial charge in [-0.15, -0.1) is 0 Å². The van der Waals surface area contributed by atoms with E-state index in [-0.39, 0.29) is 23.0 Å². The van der Waals surface area contributed by atoms with Crippen LogP contribution in [0.15, 0.2) is 6.20 Å². The van der Waals surface area contributed by atoms with Crippen LogP contribution < -0.4 is 5.73 Å². The van der Waals surface area contributed by atoms with Crippen molar-refractivity contribution in [3.63, 3.8) is 0 Å². The highest BCUT2D eigenvalue weighted by Gasteiger charge is 2.40. The zero-order chi connectivity index (χ0) is 14.2. The molecule has 2 aliphatic rings. The van der Waals surface area contributed by atoms with Gasteiger partial charge in [-0.1, -0.05) is 0 Å². The van der Waals surface area contributed by atoms with Crippen molar-refractivity contribution in [2.75, 3.05) is 25.6 Å². The first-order valence-electron chi connectivity index (χ1n) is 6.89. The average molecular weight is 281 g/mol. The van der Waals surface area contributed by atoms with Crippen molar-refractivity contribution in [3.8, 4) is 0 Å². The maximum Gasteiger partial charge on any atom is 0.358 e. The minimum atomic E-state index is -1.09. The molecule has 7 heteroatoms. The number of anilines is 1. The number of aromatic carboxylic acids is 1. The van der Waals surface area contributed by atoms with Crippen LogP contribution in [0.25, 0.3) is 0 Å². The SMILES string of the molecule is Nc1cn(C2CCOC3(CCOCC3)C2)nc1C(=O)O. The second kappa shape index (κ2) is 5.06. The predicted molar refractivity (Wildman–Crippen MR) is 70.6 cm³/mol. The first-order chi connectivity index (χ1) is 9.60. The van der Waals surface area contributed by atoms with Gasteiger partial charge in [0, 0.05) is 26.0 Å². The fraction of sp³-hybridized carbons (Fsp3) is 0.692. The second-order valence-corrected chi connectivity index (χ2v) is 5.51. The van der Waals surface area contributed by atoms with Gasteiger partial charge in [0.25, 0.3) is 0 Å². The summed E-state index contributed by atoms with van der Waals surface area (Å²) in [5.41, 5.74) is 5.70. The Morgan fingerprint density at radius 3 is 2.85 bits per heavy atom. The Hall–Kier alpha value is -1.60. The van der Waals surface area contributed by atoms with E-state index < -0.39 is 5.97 Å². The molecule has 1 aromatic heterocycles. The lowest BCUT2D eigenvalue weighted by atomic mass is 9.84. The number of nitrogen functional groups attached to an aromatic ring is 1. The molecule has 2 aliphatic heterocycles. The zero-order valence-corrected chi connectivity index (χ0v) is 11.2. The summed E-state index contributed by atoms with van der Waals surface area (Å²) in [7, 11) is 0. The Morgan fingerprint density at radius 2 is 2.20 bits per heavy atom. The minimum absolute atomic E-state index is 0.0717. The number of carboxylic acid groups (broad SMARTS) is 1. The Kier molecular flexibility index (Phi) is 3.39. The molecule has 0 saturated carbocycles. The summed E-state index contributed by atoms with van der Waals surface area (Å²) < 4.78 is 13.1. The lowest BCUT2D eigenvalue weighted by Crippen LogP contribution is -2.44. The van der Waals surface area contributed by atoms with E-state index in [0.717, 1.165) is 25.7 Å². The smallest absolute Gasteiger partial charge is 0.358 e. The lowest BCUT2D eigenvalue weighted by molar-refractivity contribution is -0.145. The van der Waals surface area contributed by atoms with Crippen molar-refractivity contribution in [2.45, 2.75) is 37.3 Å². The second-order valence-electron chi connectivity index (χ2n) is 5.51. The van der Waals surface area contributed by atoms with Crippen LogP contribution in [0.4, 0.5) is 5.69 Å². The molecule has 0 amide bonds. The third-order valence-corrected chi connectivity index (χ3v) is 4.21. The van der Waals surface area contributed by atoms with Gasteiger partial charge in [-0.25, -0.2) is 4.79 Å². The molecule has 0 aliphatic carbocycles. The van der Waals surface area contributed by atoms with Crippen LogP contribution in [0.2, 0.25) is 0 Å². The summed E-state index contributed by atoms with van der Waals surface area (Å²) in [6.45, 7) is 2.09. The highest BCUT2D eigenvalue weighted by Crippen LogP contribution is 2.39. The predicted octanol–water partition coefficient (Wildman–Crippen LogP) is 1.06. The summed E-state index contributed by atoms with van der Waals surface area (Å²) >= 11 is 0. The molecule has 0 bridgehead atoms. The number of carboxylic acids is 1. The molecule has 3 rings (SSSR count). The average Bonchev–Trinajstić information content (AvgIpc) is 2.82. The third-order valence-electron chi connectivity index (χ3n) is 4.21. The van der Waals surface area contributed by atoms with Gasteiger partial charge in [0.05, 0.1) is 17.3 Å². The molecule has 0 radical (unpaired) electrons.